The lowest BCUT2D eigenvalue weighted by atomic mass is 9.86. The Hall–Kier alpha value is -4.20. The predicted octanol–water partition coefficient (Wildman–Crippen LogP) is 6.97. The van der Waals surface area contributed by atoms with Crippen molar-refractivity contribution in [3.05, 3.63) is 83.2 Å². The van der Waals surface area contributed by atoms with Crippen molar-refractivity contribution in [3.8, 4) is 5.88 Å². The van der Waals surface area contributed by atoms with Crippen LogP contribution in [0.1, 0.15) is 70.2 Å². The van der Waals surface area contributed by atoms with Crippen molar-refractivity contribution in [2.75, 3.05) is 17.2 Å². The predicted molar refractivity (Wildman–Crippen MR) is 157 cm³/mol. The lowest BCUT2D eigenvalue weighted by molar-refractivity contribution is -0.113. The van der Waals surface area contributed by atoms with E-state index in [0.29, 0.717) is 30.4 Å². The number of carbonyl (C=O) groups excluding carboxylic acids is 2. The summed E-state index contributed by atoms with van der Waals surface area (Å²) in [5.74, 6) is 0.796. The molecule has 8 nitrogen and oxygen atoms in total. The second kappa shape index (κ2) is 13.2. The van der Waals surface area contributed by atoms with E-state index in [0.717, 1.165) is 54.5 Å². The number of anilines is 2. The molecule has 210 valence electrons. The molecule has 0 bridgehead atoms. The minimum atomic E-state index is -0.585. The fourth-order valence-corrected chi connectivity index (χ4v) is 4.52. The number of ether oxygens (including phenoxy) is 2. The Morgan fingerprint density at radius 3 is 2.42 bits per heavy atom. The molecule has 4 rings (SSSR count). The zero-order valence-electron chi connectivity index (χ0n) is 23.8. The average Bonchev–Trinajstić information content (AvgIpc) is 2.93. The topological polar surface area (TPSA) is 102 Å². The number of hydrogen-bond acceptors (Lipinski definition) is 6. The Labute approximate surface area is 236 Å². The number of rotatable bonds is 9. The Bertz CT molecular complexity index is 1340. The molecule has 0 saturated heterocycles. The summed E-state index contributed by atoms with van der Waals surface area (Å²) in [7, 11) is 0. The number of amides is 2. The van der Waals surface area contributed by atoms with Crippen LogP contribution in [0, 0.1) is 0 Å². The van der Waals surface area contributed by atoms with Crippen molar-refractivity contribution in [2.24, 2.45) is 0 Å². The van der Waals surface area contributed by atoms with Crippen molar-refractivity contribution in [2.45, 2.75) is 71.8 Å². The zero-order valence-corrected chi connectivity index (χ0v) is 23.8. The molecule has 0 aliphatic heterocycles. The van der Waals surface area contributed by atoms with Crippen LogP contribution in [0.3, 0.4) is 0 Å². The first-order valence-electron chi connectivity index (χ1n) is 13.9. The summed E-state index contributed by atoms with van der Waals surface area (Å²) in [6, 6.07) is 17.5. The molecule has 40 heavy (non-hydrogen) atoms. The summed E-state index contributed by atoms with van der Waals surface area (Å²) in [4.78, 5) is 34.0. The van der Waals surface area contributed by atoms with Crippen LogP contribution in [0.2, 0.25) is 0 Å². The van der Waals surface area contributed by atoms with Crippen LogP contribution < -0.4 is 15.4 Å². The molecule has 2 amide bonds. The number of hydrogen-bond donors (Lipinski definition) is 2. The van der Waals surface area contributed by atoms with Crippen LogP contribution in [0.5, 0.6) is 5.88 Å². The molecule has 8 heteroatoms. The van der Waals surface area contributed by atoms with Gasteiger partial charge in [0.1, 0.15) is 11.4 Å². The normalized spacial score (nSPS) is 13.5. The Balaban J connectivity index is 1.30. The fraction of sp³-hybridized carbons (Fsp3) is 0.375. The van der Waals surface area contributed by atoms with Crippen molar-refractivity contribution in [3.63, 3.8) is 0 Å². The van der Waals surface area contributed by atoms with Crippen LogP contribution in [0.15, 0.2) is 66.4 Å². The molecule has 1 aromatic carbocycles. The maximum absolute atomic E-state index is 13.2. The Morgan fingerprint density at radius 2 is 1.73 bits per heavy atom. The van der Waals surface area contributed by atoms with Crippen LogP contribution in [-0.4, -0.2) is 34.2 Å². The smallest absolute Gasteiger partial charge is 0.413 e. The highest BCUT2D eigenvalue weighted by Crippen LogP contribution is 2.33. The zero-order chi connectivity index (χ0) is 28.5. The average molecular weight is 543 g/mol. The maximum Gasteiger partial charge on any atom is 0.413 e. The minimum Gasteiger partial charge on any atom is -0.477 e. The van der Waals surface area contributed by atoms with Gasteiger partial charge in [0.15, 0.2) is 0 Å². The SMILES string of the molecule is CCc1ccc(C2=C(C(=O)Nc3ccc(OCCc4cccc(NC(=O)OC(C)(C)C)n4)nc3)CCCC2)cc1. The van der Waals surface area contributed by atoms with Gasteiger partial charge in [0.05, 0.1) is 18.5 Å². The molecule has 0 atom stereocenters. The van der Waals surface area contributed by atoms with Gasteiger partial charge < -0.3 is 14.8 Å². The van der Waals surface area contributed by atoms with E-state index in [9.17, 15) is 9.59 Å². The van der Waals surface area contributed by atoms with Crippen LogP contribution in [-0.2, 0) is 22.4 Å². The van der Waals surface area contributed by atoms with E-state index < -0.39 is 11.7 Å². The lowest BCUT2D eigenvalue weighted by Crippen LogP contribution is -2.27. The largest absolute Gasteiger partial charge is 0.477 e. The van der Waals surface area contributed by atoms with Crippen LogP contribution >= 0.6 is 0 Å². The van der Waals surface area contributed by atoms with Gasteiger partial charge >= 0.3 is 6.09 Å². The molecular formula is C32H38N4O4. The number of allylic oxidation sites excluding steroid dienone is 1. The molecule has 1 aliphatic carbocycles. The highest BCUT2D eigenvalue weighted by atomic mass is 16.6. The minimum absolute atomic E-state index is 0.0734. The number of benzene rings is 1. The molecule has 2 N–H and O–H groups in total. The third-order valence-corrected chi connectivity index (χ3v) is 6.49. The van der Waals surface area contributed by atoms with Gasteiger partial charge in [-0.1, -0.05) is 37.3 Å². The summed E-state index contributed by atoms with van der Waals surface area (Å²) in [6.45, 7) is 7.91. The number of nitrogens with one attached hydrogen (secondary N) is 2. The molecule has 0 spiro atoms. The summed E-state index contributed by atoms with van der Waals surface area (Å²) in [6.07, 6.45) is 6.37. The number of nitrogens with zero attached hydrogens (tertiary/aromatic N) is 2. The Morgan fingerprint density at radius 1 is 0.950 bits per heavy atom. The Kier molecular flexibility index (Phi) is 9.53. The van der Waals surface area contributed by atoms with Crippen molar-refractivity contribution >= 4 is 29.1 Å². The van der Waals surface area contributed by atoms with Gasteiger partial charge in [-0.05, 0) is 87.8 Å². The first kappa shape index (κ1) is 28.8. The standard InChI is InChI=1S/C32H38N4O4/c1-5-22-13-15-23(16-14-22)26-10-6-7-11-27(26)30(37)35-25-17-18-29(33-21-25)39-20-19-24-9-8-12-28(34-24)36-31(38)40-32(2,3)4/h8-9,12-18,21H,5-7,10-11,19-20H2,1-4H3,(H,35,37)(H,34,36,38). The molecular weight excluding hydrogens is 504 g/mol. The first-order valence-corrected chi connectivity index (χ1v) is 13.9. The van der Waals surface area contributed by atoms with E-state index in [1.165, 1.54) is 5.56 Å². The molecule has 0 radical (unpaired) electrons. The highest BCUT2D eigenvalue weighted by molar-refractivity contribution is 6.09. The highest BCUT2D eigenvalue weighted by Gasteiger charge is 2.21. The summed E-state index contributed by atoms with van der Waals surface area (Å²) >= 11 is 0. The lowest BCUT2D eigenvalue weighted by Gasteiger charge is -2.20. The van der Waals surface area contributed by atoms with Gasteiger partial charge in [0.25, 0.3) is 5.91 Å². The second-order valence-electron chi connectivity index (χ2n) is 10.8. The molecule has 0 saturated carbocycles. The number of pyridine rings is 2. The van der Waals surface area contributed by atoms with E-state index >= 15 is 0 Å². The van der Waals surface area contributed by atoms with Crippen molar-refractivity contribution in [1.82, 2.24) is 9.97 Å². The van der Waals surface area contributed by atoms with Crippen molar-refractivity contribution in [1.29, 1.82) is 0 Å². The molecule has 2 aromatic heterocycles. The molecule has 0 fully saturated rings. The van der Waals surface area contributed by atoms with Crippen LogP contribution in [0.25, 0.3) is 5.57 Å². The van der Waals surface area contributed by atoms with Gasteiger partial charge in [-0.15, -0.1) is 0 Å². The van der Waals surface area contributed by atoms with Crippen molar-refractivity contribution < 1.29 is 19.1 Å². The quantitative estimate of drug-likeness (QED) is 0.303. The first-order chi connectivity index (χ1) is 19.2. The molecule has 3 aromatic rings. The van der Waals surface area contributed by atoms with E-state index in [2.05, 4.69) is 51.8 Å². The van der Waals surface area contributed by atoms with Crippen LogP contribution in [0.4, 0.5) is 16.3 Å². The third-order valence-electron chi connectivity index (χ3n) is 6.49. The number of aromatic nitrogens is 2. The molecule has 0 unspecified atom stereocenters. The van der Waals surface area contributed by atoms with E-state index in [4.69, 9.17) is 9.47 Å². The van der Waals surface area contributed by atoms with Gasteiger partial charge in [0.2, 0.25) is 5.88 Å². The van der Waals surface area contributed by atoms with Gasteiger partial charge in [0, 0.05) is 23.8 Å². The second-order valence-corrected chi connectivity index (χ2v) is 10.8. The molecule has 2 heterocycles. The maximum atomic E-state index is 13.2. The van der Waals surface area contributed by atoms with E-state index in [-0.39, 0.29) is 5.91 Å². The van der Waals surface area contributed by atoms with E-state index in [1.807, 2.05) is 12.1 Å². The summed E-state index contributed by atoms with van der Waals surface area (Å²) in [5.41, 5.74) is 5.21. The van der Waals surface area contributed by atoms with Gasteiger partial charge in [-0.3, -0.25) is 10.1 Å². The summed E-state index contributed by atoms with van der Waals surface area (Å²) < 4.78 is 11.1. The van der Waals surface area contributed by atoms with E-state index in [1.54, 1.807) is 45.2 Å². The monoisotopic (exact) mass is 542 g/mol. The number of aryl methyl sites for hydroxylation is 1. The summed E-state index contributed by atoms with van der Waals surface area (Å²) in [5, 5.41) is 5.65. The van der Waals surface area contributed by atoms with Gasteiger partial charge in [-0.25, -0.2) is 14.8 Å². The number of carbonyl (C=O) groups is 2. The fourth-order valence-electron chi connectivity index (χ4n) is 4.52. The van der Waals surface area contributed by atoms with Gasteiger partial charge in [-0.2, -0.15) is 0 Å². The third kappa shape index (κ3) is 8.40. The molecule has 1 aliphatic rings.